The summed E-state index contributed by atoms with van der Waals surface area (Å²) in [6.45, 7) is 0. The van der Waals surface area contributed by atoms with Gasteiger partial charge in [0, 0.05) is 0 Å². The van der Waals surface area contributed by atoms with E-state index >= 15 is 0 Å². The first-order valence-electron chi connectivity index (χ1n) is 4.60. The van der Waals surface area contributed by atoms with E-state index in [4.69, 9.17) is 5.21 Å². The van der Waals surface area contributed by atoms with Crippen LogP contribution in [0.3, 0.4) is 0 Å². The maximum Gasteiger partial charge on any atom is 0.0573 e. The fourth-order valence-corrected chi connectivity index (χ4v) is 2.14. The van der Waals surface area contributed by atoms with E-state index in [-0.39, 0.29) is 0 Å². The second kappa shape index (κ2) is 2.84. The third-order valence-electron chi connectivity index (χ3n) is 2.97. The largest absolute Gasteiger partial charge is 0.411 e. The van der Waals surface area contributed by atoms with E-state index in [0.29, 0.717) is 0 Å². The first-order valence-corrected chi connectivity index (χ1v) is 4.60. The van der Waals surface area contributed by atoms with Crippen molar-refractivity contribution in [1.29, 1.82) is 0 Å². The van der Waals surface area contributed by atoms with Gasteiger partial charge in [0.25, 0.3) is 0 Å². The molecule has 2 aliphatic carbocycles. The average molecular weight is 153 g/mol. The van der Waals surface area contributed by atoms with Gasteiger partial charge in [-0.1, -0.05) is 5.16 Å². The standard InChI is InChI=1S/C9H15NO/c11-10-9-3-1-2-8(6-9)7-4-5-7/h7-8,11H,1-6H2. The quantitative estimate of drug-likeness (QED) is 0.455. The Bertz CT molecular complexity index is 172. The van der Waals surface area contributed by atoms with Crippen LogP contribution >= 0.6 is 0 Å². The predicted octanol–water partition coefficient (Wildman–Crippen LogP) is 2.42. The molecule has 0 aromatic rings. The minimum Gasteiger partial charge on any atom is -0.411 e. The zero-order valence-electron chi connectivity index (χ0n) is 6.79. The van der Waals surface area contributed by atoms with Crippen LogP contribution in [0.1, 0.15) is 38.5 Å². The molecule has 0 heterocycles. The molecule has 11 heavy (non-hydrogen) atoms. The van der Waals surface area contributed by atoms with E-state index in [1.807, 2.05) is 0 Å². The van der Waals surface area contributed by atoms with Gasteiger partial charge in [-0.15, -0.1) is 0 Å². The van der Waals surface area contributed by atoms with E-state index in [1.165, 1.54) is 25.7 Å². The third kappa shape index (κ3) is 1.55. The summed E-state index contributed by atoms with van der Waals surface area (Å²) >= 11 is 0. The molecule has 62 valence electrons. The highest BCUT2D eigenvalue weighted by molar-refractivity contribution is 5.84. The van der Waals surface area contributed by atoms with Crippen molar-refractivity contribution in [2.45, 2.75) is 38.5 Å². The Hall–Kier alpha value is -0.530. The van der Waals surface area contributed by atoms with Crippen LogP contribution in [0.2, 0.25) is 0 Å². The van der Waals surface area contributed by atoms with Gasteiger partial charge in [-0.05, 0) is 50.4 Å². The summed E-state index contributed by atoms with van der Waals surface area (Å²) in [6, 6.07) is 0. The van der Waals surface area contributed by atoms with Crippen LogP contribution in [-0.4, -0.2) is 10.9 Å². The molecule has 2 rings (SSSR count). The van der Waals surface area contributed by atoms with Crippen LogP contribution in [0.15, 0.2) is 5.16 Å². The first kappa shape index (κ1) is 7.14. The van der Waals surface area contributed by atoms with Gasteiger partial charge in [-0.2, -0.15) is 0 Å². The molecule has 0 radical (unpaired) electrons. The average Bonchev–Trinajstić information content (AvgIpc) is 2.87. The Morgan fingerprint density at radius 1 is 1.18 bits per heavy atom. The normalized spacial score (nSPS) is 36.0. The van der Waals surface area contributed by atoms with Crippen molar-refractivity contribution in [3.05, 3.63) is 0 Å². The van der Waals surface area contributed by atoms with Crippen molar-refractivity contribution in [2.75, 3.05) is 0 Å². The summed E-state index contributed by atoms with van der Waals surface area (Å²) in [6.07, 6.45) is 7.54. The van der Waals surface area contributed by atoms with Gasteiger partial charge in [0.05, 0.1) is 5.71 Å². The van der Waals surface area contributed by atoms with Gasteiger partial charge >= 0.3 is 0 Å². The second-order valence-corrected chi connectivity index (χ2v) is 3.86. The molecule has 1 unspecified atom stereocenters. The van der Waals surface area contributed by atoms with Crippen LogP contribution < -0.4 is 0 Å². The molecule has 0 aliphatic heterocycles. The fraction of sp³-hybridized carbons (Fsp3) is 0.889. The Balaban J connectivity index is 1.91. The van der Waals surface area contributed by atoms with E-state index in [2.05, 4.69) is 5.16 Å². The van der Waals surface area contributed by atoms with Crippen LogP contribution in [0.25, 0.3) is 0 Å². The Labute approximate surface area is 67.3 Å². The predicted molar refractivity (Wildman–Crippen MR) is 43.9 cm³/mol. The van der Waals surface area contributed by atoms with Gasteiger partial charge in [0.15, 0.2) is 0 Å². The van der Waals surface area contributed by atoms with Crippen LogP contribution in [-0.2, 0) is 0 Å². The maximum atomic E-state index is 8.60. The molecular weight excluding hydrogens is 138 g/mol. The molecule has 1 atom stereocenters. The lowest BCUT2D eigenvalue weighted by Crippen LogP contribution is -2.16. The topological polar surface area (TPSA) is 32.6 Å². The van der Waals surface area contributed by atoms with E-state index in [0.717, 1.165) is 30.4 Å². The molecule has 0 aromatic heterocycles. The Kier molecular flexibility index (Phi) is 1.84. The van der Waals surface area contributed by atoms with Gasteiger partial charge < -0.3 is 5.21 Å². The van der Waals surface area contributed by atoms with Crippen molar-refractivity contribution >= 4 is 5.71 Å². The maximum absolute atomic E-state index is 8.60. The summed E-state index contributed by atoms with van der Waals surface area (Å²) in [7, 11) is 0. The molecule has 0 bridgehead atoms. The zero-order valence-corrected chi connectivity index (χ0v) is 6.79. The van der Waals surface area contributed by atoms with Crippen molar-refractivity contribution in [3.8, 4) is 0 Å². The zero-order chi connectivity index (χ0) is 7.68. The number of nitrogens with zero attached hydrogens (tertiary/aromatic N) is 1. The third-order valence-corrected chi connectivity index (χ3v) is 2.97. The van der Waals surface area contributed by atoms with Gasteiger partial charge in [-0.25, -0.2) is 0 Å². The molecule has 2 heteroatoms. The van der Waals surface area contributed by atoms with Crippen molar-refractivity contribution in [3.63, 3.8) is 0 Å². The monoisotopic (exact) mass is 153 g/mol. The smallest absolute Gasteiger partial charge is 0.0573 e. The molecule has 0 spiro atoms. The lowest BCUT2D eigenvalue weighted by atomic mass is 9.85. The summed E-state index contributed by atoms with van der Waals surface area (Å²) in [5.41, 5.74) is 1.04. The van der Waals surface area contributed by atoms with Crippen molar-refractivity contribution < 1.29 is 5.21 Å². The van der Waals surface area contributed by atoms with Crippen molar-refractivity contribution in [2.24, 2.45) is 17.0 Å². The van der Waals surface area contributed by atoms with E-state index < -0.39 is 0 Å². The minimum absolute atomic E-state index is 0.856. The van der Waals surface area contributed by atoms with Crippen LogP contribution in [0, 0.1) is 11.8 Å². The molecule has 2 aliphatic rings. The first-order chi connectivity index (χ1) is 5.40. The fourth-order valence-electron chi connectivity index (χ4n) is 2.14. The highest BCUT2D eigenvalue weighted by Crippen LogP contribution is 2.43. The lowest BCUT2D eigenvalue weighted by Gasteiger charge is -2.21. The molecule has 0 saturated heterocycles. The van der Waals surface area contributed by atoms with Crippen molar-refractivity contribution in [1.82, 2.24) is 0 Å². The van der Waals surface area contributed by atoms with Crippen LogP contribution in [0.4, 0.5) is 0 Å². The van der Waals surface area contributed by atoms with Gasteiger partial charge in [-0.3, -0.25) is 0 Å². The molecule has 0 aromatic carbocycles. The van der Waals surface area contributed by atoms with E-state index in [1.54, 1.807) is 0 Å². The number of hydrogen-bond donors (Lipinski definition) is 1. The SMILES string of the molecule is ON=C1CCCC(C2CC2)C1. The number of oxime groups is 1. The molecule has 0 amide bonds. The summed E-state index contributed by atoms with van der Waals surface area (Å²) in [5.74, 6) is 1.83. The highest BCUT2D eigenvalue weighted by Gasteiger charge is 2.33. The van der Waals surface area contributed by atoms with Crippen LogP contribution in [0.5, 0.6) is 0 Å². The Morgan fingerprint density at radius 2 is 2.00 bits per heavy atom. The summed E-state index contributed by atoms with van der Waals surface area (Å²) < 4.78 is 0. The molecular formula is C9H15NO. The molecule has 1 N–H and O–H groups in total. The van der Waals surface area contributed by atoms with E-state index in [9.17, 15) is 0 Å². The Morgan fingerprint density at radius 3 is 2.64 bits per heavy atom. The minimum atomic E-state index is 0.856. The number of hydrogen-bond acceptors (Lipinski definition) is 2. The summed E-state index contributed by atoms with van der Waals surface area (Å²) in [4.78, 5) is 0. The molecule has 2 fully saturated rings. The lowest BCUT2D eigenvalue weighted by molar-refractivity contribution is 0.307. The van der Waals surface area contributed by atoms with Gasteiger partial charge in [0.2, 0.25) is 0 Å². The second-order valence-electron chi connectivity index (χ2n) is 3.86. The molecule has 2 nitrogen and oxygen atoms in total. The number of rotatable bonds is 1. The van der Waals surface area contributed by atoms with Gasteiger partial charge in [0.1, 0.15) is 0 Å². The highest BCUT2D eigenvalue weighted by atomic mass is 16.4. The summed E-state index contributed by atoms with van der Waals surface area (Å²) in [5, 5.41) is 11.9. The molecule has 2 saturated carbocycles.